The molecule has 0 bridgehead atoms. The van der Waals surface area contributed by atoms with Crippen LogP contribution in [0.25, 0.3) is 0 Å². The standard InChI is InChI=1S/C11H14O4S/c1-2-3-4-15-11(12)10-9-8(7-16-10)13-5-6-14-9/h7H,2-6H2,1H3. The first-order chi connectivity index (χ1) is 7.83. The fourth-order valence-corrected chi connectivity index (χ4v) is 2.20. The highest BCUT2D eigenvalue weighted by Gasteiger charge is 2.24. The molecule has 2 heterocycles. The first kappa shape index (κ1) is 11.3. The number of fused-ring (bicyclic) bond motifs is 1. The van der Waals surface area contributed by atoms with Gasteiger partial charge in [0, 0.05) is 5.38 Å². The van der Waals surface area contributed by atoms with Gasteiger partial charge in [-0.05, 0) is 6.42 Å². The molecule has 1 aromatic rings. The maximum absolute atomic E-state index is 11.7. The van der Waals surface area contributed by atoms with Gasteiger partial charge in [-0.2, -0.15) is 0 Å². The van der Waals surface area contributed by atoms with E-state index < -0.39 is 0 Å². The molecule has 1 aliphatic heterocycles. The van der Waals surface area contributed by atoms with Gasteiger partial charge in [-0.3, -0.25) is 0 Å². The van der Waals surface area contributed by atoms with E-state index in [0.717, 1.165) is 12.8 Å². The van der Waals surface area contributed by atoms with Gasteiger partial charge < -0.3 is 14.2 Å². The van der Waals surface area contributed by atoms with Crippen molar-refractivity contribution in [3.8, 4) is 11.5 Å². The summed E-state index contributed by atoms with van der Waals surface area (Å²) in [6, 6.07) is 0. The highest BCUT2D eigenvalue weighted by Crippen LogP contribution is 2.39. The molecule has 0 aliphatic carbocycles. The second-order valence-electron chi connectivity index (χ2n) is 3.44. The molecule has 0 fully saturated rings. The molecular formula is C11H14O4S. The van der Waals surface area contributed by atoms with Gasteiger partial charge in [0.1, 0.15) is 13.2 Å². The zero-order valence-corrected chi connectivity index (χ0v) is 9.97. The van der Waals surface area contributed by atoms with Crippen molar-refractivity contribution in [3.63, 3.8) is 0 Å². The van der Waals surface area contributed by atoms with Crippen molar-refractivity contribution in [1.29, 1.82) is 0 Å². The van der Waals surface area contributed by atoms with Gasteiger partial charge in [0.15, 0.2) is 16.4 Å². The van der Waals surface area contributed by atoms with Gasteiger partial charge in [0.2, 0.25) is 0 Å². The van der Waals surface area contributed by atoms with Crippen LogP contribution in [0.1, 0.15) is 29.4 Å². The molecule has 0 saturated heterocycles. The van der Waals surface area contributed by atoms with Gasteiger partial charge in [-0.15, -0.1) is 11.3 Å². The van der Waals surface area contributed by atoms with Crippen LogP contribution in [-0.2, 0) is 4.74 Å². The van der Waals surface area contributed by atoms with E-state index in [1.165, 1.54) is 11.3 Å². The normalized spacial score (nSPS) is 13.6. The lowest BCUT2D eigenvalue weighted by molar-refractivity contribution is 0.0497. The topological polar surface area (TPSA) is 44.8 Å². The number of carbonyl (C=O) groups is 1. The van der Waals surface area contributed by atoms with E-state index in [0.29, 0.717) is 36.2 Å². The van der Waals surface area contributed by atoms with E-state index in [2.05, 4.69) is 6.92 Å². The van der Waals surface area contributed by atoms with E-state index in [4.69, 9.17) is 14.2 Å². The zero-order valence-electron chi connectivity index (χ0n) is 9.15. The van der Waals surface area contributed by atoms with Gasteiger partial charge in [-0.1, -0.05) is 13.3 Å². The number of thiophene rings is 1. The van der Waals surface area contributed by atoms with Crippen LogP contribution in [0, 0.1) is 0 Å². The summed E-state index contributed by atoms with van der Waals surface area (Å²) in [6.45, 7) is 3.54. The van der Waals surface area contributed by atoms with E-state index >= 15 is 0 Å². The minimum Gasteiger partial charge on any atom is -0.485 e. The molecule has 0 radical (unpaired) electrons. The van der Waals surface area contributed by atoms with Crippen molar-refractivity contribution in [1.82, 2.24) is 0 Å². The molecule has 0 saturated carbocycles. The first-order valence-electron chi connectivity index (χ1n) is 5.37. The van der Waals surface area contributed by atoms with Gasteiger partial charge >= 0.3 is 5.97 Å². The quantitative estimate of drug-likeness (QED) is 0.601. The molecule has 0 N–H and O–H groups in total. The Kier molecular flexibility index (Phi) is 3.66. The average Bonchev–Trinajstić information content (AvgIpc) is 2.73. The molecule has 2 rings (SSSR count). The summed E-state index contributed by atoms with van der Waals surface area (Å²) in [7, 11) is 0. The summed E-state index contributed by atoms with van der Waals surface area (Å²) in [4.78, 5) is 12.2. The van der Waals surface area contributed by atoms with Crippen molar-refractivity contribution < 1.29 is 19.0 Å². The lowest BCUT2D eigenvalue weighted by Crippen LogP contribution is -2.16. The Bertz CT molecular complexity index is 372. The Balaban J connectivity index is 2.03. The molecule has 88 valence electrons. The minimum absolute atomic E-state index is 0.315. The van der Waals surface area contributed by atoms with E-state index in [1.54, 1.807) is 5.38 Å². The SMILES string of the molecule is CCCCOC(=O)c1scc2c1OCCO2. The number of carbonyl (C=O) groups excluding carboxylic acids is 1. The number of unbranched alkanes of at least 4 members (excludes halogenated alkanes) is 1. The van der Waals surface area contributed by atoms with Crippen molar-refractivity contribution in [2.24, 2.45) is 0 Å². The maximum Gasteiger partial charge on any atom is 0.352 e. The minimum atomic E-state index is -0.315. The van der Waals surface area contributed by atoms with Gasteiger partial charge in [0.25, 0.3) is 0 Å². The fourth-order valence-electron chi connectivity index (χ4n) is 1.38. The third-order valence-corrected chi connectivity index (χ3v) is 3.14. The number of hydrogen-bond donors (Lipinski definition) is 0. The van der Waals surface area contributed by atoms with Crippen LogP contribution in [0.15, 0.2) is 5.38 Å². The molecule has 0 atom stereocenters. The predicted molar refractivity (Wildman–Crippen MR) is 60.5 cm³/mol. The maximum atomic E-state index is 11.7. The van der Waals surface area contributed by atoms with Crippen LogP contribution < -0.4 is 9.47 Å². The van der Waals surface area contributed by atoms with Crippen LogP contribution in [-0.4, -0.2) is 25.8 Å². The third-order valence-electron chi connectivity index (χ3n) is 2.22. The van der Waals surface area contributed by atoms with Crippen molar-refractivity contribution in [2.75, 3.05) is 19.8 Å². The first-order valence-corrected chi connectivity index (χ1v) is 6.25. The van der Waals surface area contributed by atoms with E-state index in [9.17, 15) is 4.79 Å². The summed E-state index contributed by atoms with van der Waals surface area (Å²) in [5, 5.41) is 1.78. The number of esters is 1. The molecule has 0 unspecified atom stereocenters. The second kappa shape index (κ2) is 5.21. The number of hydrogen-bond acceptors (Lipinski definition) is 5. The second-order valence-corrected chi connectivity index (χ2v) is 4.32. The van der Waals surface area contributed by atoms with Gasteiger partial charge in [-0.25, -0.2) is 4.79 Å². The summed E-state index contributed by atoms with van der Waals surface area (Å²) in [6.07, 6.45) is 1.89. The third kappa shape index (κ3) is 2.29. The molecule has 0 aromatic carbocycles. The van der Waals surface area contributed by atoms with Crippen molar-refractivity contribution in [3.05, 3.63) is 10.3 Å². The lowest BCUT2D eigenvalue weighted by atomic mass is 10.3. The summed E-state index contributed by atoms with van der Waals surface area (Å²) < 4.78 is 15.9. The fraction of sp³-hybridized carbons (Fsp3) is 0.545. The zero-order chi connectivity index (χ0) is 11.4. The predicted octanol–water partition coefficient (Wildman–Crippen LogP) is 2.48. The molecule has 0 amide bonds. The highest BCUT2D eigenvalue weighted by atomic mass is 32.1. The van der Waals surface area contributed by atoms with Crippen LogP contribution in [0.2, 0.25) is 0 Å². The Morgan fingerprint density at radius 3 is 3.12 bits per heavy atom. The molecule has 4 nitrogen and oxygen atoms in total. The Morgan fingerprint density at radius 1 is 1.50 bits per heavy atom. The largest absolute Gasteiger partial charge is 0.485 e. The van der Waals surface area contributed by atoms with Crippen LogP contribution in [0.5, 0.6) is 11.5 Å². The van der Waals surface area contributed by atoms with Crippen LogP contribution in [0.4, 0.5) is 0 Å². The van der Waals surface area contributed by atoms with Gasteiger partial charge in [0.05, 0.1) is 6.61 Å². The molecule has 1 aromatic heterocycles. The van der Waals surface area contributed by atoms with Crippen LogP contribution in [0.3, 0.4) is 0 Å². The number of ether oxygens (including phenoxy) is 3. The molecule has 1 aliphatic rings. The summed E-state index contributed by atoms with van der Waals surface area (Å²) in [5.41, 5.74) is 0. The smallest absolute Gasteiger partial charge is 0.352 e. The van der Waals surface area contributed by atoms with E-state index in [1.807, 2.05) is 0 Å². The molecule has 5 heteroatoms. The number of rotatable bonds is 4. The Labute approximate surface area is 98.1 Å². The highest BCUT2D eigenvalue weighted by molar-refractivity contribution is 7.12. The average molecular weight is 242 g/mol. The van der Waals surface area contributed by atoms with Crippen LogP contribution >= 0.6 is 11.3 Å². The Hall–Kier alpha value is -1.23. The molecular weight excluding hydrogens is 228 g/mol. The summed E-state index contributed by atoms with van der Waals surface area (Å²) in [5.74, 6) is 0.877. The Morgan fingerprint density at radius 2 is 2.31 bits per heavy atom. The molecule has 0 spiro atoms. The van der Waals surface area contributed by atoms with Crippen molar-refractivity contribution in [2.45, 2.75) is 19.8 Å². The monoisotopic (exact) mass is 242 g/mol. The lowest BCUT2D eigenvalue weighted by Gasteiger charge is -2.15. The molecule has 16 heavy (non-hydrogen) atoms. The van der Waals surface area contributed by atoms with Crippen molar-refractivity contribution >= 4 is 17.3 Å². The summed E-state index contributed by atoms with van der Waals surface area (Å²) >= 11 is 1.31. The van der Waals surface area contributed by atoms with E-state index in [-0.39, 0.29) is 5.97 Å².